The lowest BCUT2D eigenvalue weighted by Gasteiger charge is -2.22. The Labute approximate surface area is 126 Å². The lowest BCUT2D eigenvalue weighted by Crippen LogP contribution is -2.40. The smallest absolute Gasteiger partial charge is 0.243 e. The van der Waals surface area contributed by atoms with Crippen LogP contribution in [0.1, 0.15) is 26.7 Å². The van der Waals surface area contributed by atoms with Gasteiger partial charge in [0, 0.05) is 17.2 Å². The van der Waals surface area contributed by atoms with Gasteiger partial charge in [-0.25, -0.2) is 18.1 Å². The summed E-state index contributed by atoms with van der Waals surface area (Å²) in [6, 6.07) is 1.37. The molecule has 1 heterocycles. The number of nitrogens with one attached hydrogen (secondary N) is 1. The first-order valence-electron chi connectivity index (χ1n) is 5.71. The van der Waals surface area contributed by atoms with E-state index in [4.69, 9.17) is 11.6 Å². The van der Waals surface area contributed by atoms with Crippen LogP contribution in [0, 0.1) is 0 Å². The van der Waals surface area contributed by atoms with E-state index < -0.39 is 15.6 Å². The van der Waals surface area contributed by atoms with Crippen LogP contribution in [0.5, 0.6) is 0 Å². The second-order valence-corrected chi connectivity index (χ2v) is 7.52. The summed E-state index contributed by atoms with van der Waals surface area (Å²) in [6.45, 7) is 3.42. The van der Waals surface area contributed by atoms with Gasteiger partial charge in [-0.05, 0) is 35.3 Å². The molecular weight excluding hydrogens is 356 g/mol. The van der Waals surface area contributed by atoms with Crippen LogP contribution in [0.15, 0.2) is 21.6 Å². The van der Waals surface area contributed by atoms with Crippen molar-refractivity contribution in [2.45, 2.75) is 37.2 Å². The highest BCUT2D eigenvalue weighted by atomic mass is 79.9. The fourth-order valence-corrected chi connectivity index (χ4v) is 3.65. The molecular formula is C11H16BrClN2O3S. The Morgan fingerprint density at radius 2 is 2.21 bits per heavy atom. The minimum absolute atomic E-state index is 0.0774. The van der Waals surface area contributed by atoms with Crippen molar-refractivity contribution in [1.82, 2.24) is 9.71 Å². The van der Waals surface area contributed by atoms with Crippen LogP contribution < -0.4 is 4.72 Å². The maximum atomic E-state index is 12.1. The van der Waals surface area contributed by atoms with Gasteiger partial charge >= 0.3 is 0 Å². The molecule has 0 aromatic carbocycles. The van der Waals surface area contributed by atoms with Crippen molar-refractivity contribution in [2.75, 3.05) is 6.54 Å². The first-order valence-corrected chi connectivity index (χ1v) is 8.36. The van der Waals surface area contributed by atoms with E-state index in [1.165, 1.54) is 12.3 Å². The lowest BCUT2D eigenvalue weighted by molar-refractivity contribution is 0.0554. The average Bonchev–Trinajstić information content (AvgIpc) is 2.30. The third-order valence-corrected chi connectivity index (χ3v) is 4.76. The normalized spacial score (nSPS) is 15.2. The maximum absolute atomic E-state index is 12.1. The van der Waals surface area contributed by atoms with Crippen LogP contribution in [0.25, 0.3) is 0 Å². The number of pyridine rings is 1. The maximum Gasteiger partial charge on any atom is 0.243 e. The van der Waals surface area contributed by atoms with Crippen molar-refractivity contribution in [3.05, 3.63) is 21.9 Å². The molecule has 0 aliphatic heterocycles. The highest BCUT2D eigenvalue weighted by Crippen LogP contribution is 2.23. The number of rotatable bonds is 6. The first-order chi connectivity index (χ1) is 8.68. The van der Waals surface area contributed by atoms with Gasteiger partial charge in [-0.15, -0.1) is 0 Å². The highest BCUT2D eigenvalue weighted by molar-refractivity contribution is 9.10. The predicted molar refractivity (Wildman–Crippen MR) is 77.7 cm³/mol. The molecule has 1 aromatic heterocycles. The van der Waals surface area contributed by atoms with E-state index in [0.29, 0.717) is 10.9 Å². The topological polar surface area (TPSA) is 79.3 Å². The standard InChI is InChI=1S/C11H16BrClN2O3S/c1-3-4-11(2,16)7-15-19(17,18)9-5-8(12)6-14-10(9)13/h5-6,15-16H,3-4,7H2,1-2H3. The molecule has 0 aliphatic carbocycles. The molecule has 0 saturated heterocycles. The summed E-state index contributed by atoms with van der Waals surface area (Å²) in [5.41, 5.74) is -1.09. The molecule has 0 spiro atoms. The molecule has 108 valence electrons. The summed E-state index contributed by atoms with van der Waals surface area (Å²) in [5, 5.41) is 9.86. The minimum atomic E-state index is -3.80. The molecule has 8 heteroatoms. The molecule has 5 nitrogen and oxygen atoms in total. The van der Waals surface area contributed by atoms with Crippen molar-refractivity contribution in [1.29, 1.82) is 0 Å². The molecule has 0 radical (unpaired) electrons. The van der Waals surface area contributed by atoms with Gasteiger partial charge in [0.15, 0.2) is 0 Å². The van der Waals surface area contributed by atoms with Crippen molar-refractivity contribution in [3.8, 4) is 0 Å². The first kappa shape index (κ1) is 16.8. The second kappa shape index (κ2) is 6.49. The van der Waals surface area contributed by atoms with Gasteiger partial charge in [-0.1, -0.05) is 24.9 Å². The third-order valence-electron chi connectivity index (χ3n) is 2.49. The molecule has 19 heavy (non-hydrogen) atoms. The summed E-state index contributed by atoms with van der Waals surface area (Å²) >= 11 is 8.92. The Kier molecular flexibility index (Phi) is 5.76. The molecule has 1 atom stereocenters. The third kappa shape index (κ3) is 5.00. The fraction of sp³-hybridized carbons (Fsp3) is 0.545. The second-order valence-electron chi connectivity index (χ2n) is 4.51. The Hall–Kier alpha value is -0.210. The van der Waals surface area contributed by atoms with Crippen molar-refractivity contribution in [3.63, 3.8) is 0 Å². The van der Waals surface area contributed by atoms with Gasteiger partial charge in [0.1, 0.15) is 10.0 Å². The molecule has 1 rings (SSSR count). The largest absolute Gasteiger partial charge is 0.389 e. The Morgan fingerprint density at radius 3 is 2.79 bits per heavy atom. The van der Waals surface area contributed by atoms with Gasteiger partial charge in [0.2, 0.25) is 10.0 Å². The number of hydrogen-bond donors (Lipinski definition) is 2. The van der Waals surface area contributed by atoms with Crippen LogP contribution in [-0.2, 0) is 10.0 Å². The molecule has 0 bridgehead atoms. The zero-order chi connectivity index (χ0) is 14.7. The monoisotopic (exact) mass is 370 g/mol. The molecule has 0 fully saturated rings. The average molecular weight is 372 g/mol. The molecule has 2 N–H and O–H groups in total. The molecule has 0 amide bonds. The Balaban J connectivity index is 2.90. The van der Waals surface area contributed by atoms with E-state index >= 15 is 0 Å². The van der Waals surface area contributed by atoms with Gasteiger partial charge in [-0.2, -0.15) is 0 Å². The van der Waals surface area contributed by atoms with Crippen molar-refractivity contribution < 1.29 is 13.5 Å². The van der Waals surface area contributed by atoms with E-state index in [0.717, 1.165) is 6.42 Å². The number of halogens is 2. The van der Waals surface area contributed by atoms with Gasteiger partial charge in [-0.3, -0.25) is 0 Å². The van der Waals surface area contributed by atoms with E-state index in [-0.39, 0.29) is 16.6 Å². The van der Waals surface area contributed by atoms with E-state index in [1.807, 2.05) is 6.92 Å². The lowest BCUT2D eigenvalue weighted by atomic mass is 10.0. The van der Waals surface area contributed by atoms with Crippen molar-refractivity contribution >= 4 is 37.6 Å². The quantitative estimate of drug-likeness (QED) is 0.752. The van der Waals surface area contributed by atoms with E-state index in [9.17, 15) is 13.5 Å². The number of sulfonamides is 1. The fourth-order valence-electron chi connectivity index (χ4n) is 1.55. The Bertz CT molecular complexity index is 549. The summed E-state index contributed by atoms with van der Waals surface area (Å²) in [4.78, 5) is 3.65. The zero-order valence-electron chi connectivity index (χ0n) is 10.7. The van der Waals surface area contributed by atoms with Crippen molar-refractivity contribution in [2.24, 2.45) is 0 Å². The highest BCUT2D eigenvalue weighted by Gasteiger charge is 2.25. The summed E-state index contributed by atoms with van der Waals surface area (Å²) in [7, 11) is -3.80. The molecule has 0 saturated carbocycles. The zero-order valence-corrected chi connectivity index (χ0v) is 13.8. The summed E-state index contributed by atoms with van der Waals surface area (Å²) in [5.74, 6) is 0. The SMILES string of the molecule is CCCC(C)(O)CNS(=O)(=O)c1cc(Br)cnc1Cl. The van der Waals surface area contributed by atoms with E-state index in [1.54, 1.807) is 6.92 Å². The number of nitrogens with zero attached hydrogens (tertiary/aromatic N) is 1. The van der Waals surface area contributed by atoms with Crippen LogP contribution in [0.4, 0.5) is 0 Å². The minimum Gasteiger partial charge on any atom is -0.389 e. The molecule has 1 unspecified atom stereocenters. The van der Waals surface area contributed by atoms with Crippen LogP contribution >= 0.6 is 27.5 Å². The number of hydrogen-bond acceptors (Lipinski definition) is 4. The van der Waals surface area contributed by atoms with Gasteiger partial charge in [0.25, 0.3) is 0 Å². The molecule has 1 aromatic rings. The van der Waals surface area contributed by atoms with Gasteiger partial charge in [0.05, 0.1) is 5.60 Å². The summed E-state index contributed by atoms with van der Waals surface area (Å²) < 4.78 is 27.0. The number of aromatic nitrogens is 1. The van der Waals surface area contributed by atoms with Gasteiger partial charge < -0.3 is 5.11 Å². The van der Waals surface area contributed by atoms with Crippen LogP contribution in [-0.4, -0.2) is 30.7 Å². The number of aliphatic hydroxyl groups is 1. The van der Waals surface area contributed by atoms with Crippen LogP contribution in [0.2, 0.25) is 5.15 Å². The Morgan fingerprint density at radius 1 is 1.58 bits per heavy atom. The van der Waals surface area contributed by atoms with E-state index in [2.05, 4.69) is 25.6 Å². The predicted octanol–water partition coefficient (Wildman–Crippen LogP) is 2.33. The summed E-state index contributed by atoms with van der Waals surface area (Å²) in [6.07, 6.45) is 2.67. The molecule has 0 aliphatic rings. The van der Waals surface area contributed by atoms with Crippen LogP contribution in [0.3, 0.4) is 0 Å².